The van der Waals surface area contributed by atoms with Gasteiger partial charge < -0.3 is 28.9 Å². The maximum atomic E-state index is 6.80. The lowest BCUT2D eigenvalue weighted by Gasteiger charge is -2.46. The van der Waals surface area contributed by atoms with Crippen LogP contribution >= 0.6 is 0 Å². The summed E-state index contributed by atoms with van der Waals surface area (Å²) in [6, 6.07) is 15.3. The lowest BCUT2D eigenvalue weighted by Crippen LogP contribution is -2.50. The van der Waals surface area contributed by atoms with Gasteiger partial charge in [-0.1, -0.05) is 33.3 Å². The molecule has 1 saturated heterocycles. The highest BCUT2D eigenvalue weighted by Gasteiger charge is 2.57. The maximum Gasteiger partial charge on any atom is 0.163 e. The topological polar surface area (TPSA) is 109 Å². The number of H-pyrrole nitrogens is 2. The van der Waals surface area contributed by atoms with Gasteiger partial charge in [-0.25, -0.2) is 9.98 Å². The van der Waals surface area contributed by atoms with Gasteiger partial charge in [0.25, 0.3) is 0 Å². The van der Waals surface area contributed by atoms with Crippen molar-refractivity contribution < 1.29 is 18.9 Å². The Morgan fingerprint density at radius 2 is 1.77 bits per heavy atom. The van der Waals surface area contributed by atoms with E-state index in [9.17, 15) is 0 Å². The molecular weight excluding hydrogens is 713 g/mol. The van der Waals surface area contributed by atoms with Crippen LogP contribution in [0.3, 0.4) is 0 Å². The van der Waals surface area contributed by atoms with Crippen molar-refractivity contribution in [2.45, 2.75) is 128 Å². The van der Waals surface area contributed by atoms with Crippen LogP contribution in [0, 0.1) is 23.7 Å². The summed E-state index contributed by atoms with van der Waals surface area (Å²) in [6.45, 7) is 13.7. The Morgan fingerprint density at radius 3 is 2.53 bits per heavy atom. The third-order valence-electron chi connectivity index (χ3n) is 13.8. The largest absolute Gasteiger partial charge is 0.497 e. The summed E-state index contributed by atoms with van der Waals surface area (Å²) < 4.78 is 24.6. The van der Waals surface area contributed by atoms with Crippen molar-refractivity contribution in [2.75, 3.05) is 27.3 Å². The molecule has 9 rings (SSSR count). The Balaban J connectivity index is 0.874. The molecule has 3 saturated carbocycles. The summed E-state index contributed by atoms with van der Waals surface area (Å²) in [5.74, 6) is 5.13. The van der Waals surface area contributed by atoms with E-state index in [1.54, 1.807) is 14.2 Å². The quantitative estimate of drug-likeness (QED) is 0.140. The first kappa shape index (κ1) is 38.5. The highest BCUT2D eigenvalue weighted by Crippen LogP contribution is 2.51. The van der Waals surface area contributed by atoms with Crippen molar-refractivity contribution in [3.63, 3.8) is 0 Å². The molecule has 2 aliphatic heterocycles. The molecule has 2 aromatic heterocycles. The van der Waals surface area contributed by atoms with Crippen LogP contribution < -0.4 is 9.47 Å². The minimum atomic E-state index is -0.605. The second-order valence-corrected chi connectivity index (χ2v) is 19.1. The van der Waals surface area contributed by atoms with Gasteiger partial charge >= 0.3 is 0 Å². The first-order valence-corrected chi connectivity index (χ1v) is 21.5. The zero-order valence-corrected chi connectivity index (χ0v) is 35.0. The third-order valence-corrected chi connectivity index (χ3v) is 13.8. The number of hydrogen-bond donors (Lipinski definition) is 2. The van der Waals surface area contributed by atoms with Gasteiger partial charge in [-0.2, -0.15) is 0 Å². The molecule has 4 fully saturated rings. The summed E-state index contributed by atoms with van der Waals surface area (Å²) >= 11 is 0. The number of amidine groups is 1. The molecule has 4 aromatic rings. The van der Waals surface area contributed by atoms with Gasteiger partial charge in [0.2, 0.25) is 0 Å². The molecular formula is C47H62N6O4. The van der Waals surface area contributed by atoms with Gasteiger partial charge in [0.15, 0.2) is 11.6 Å². The molecule has 10 heteroatoms. The number of fused-ring (bicyclic) bond motifs is 3. The van der Waals surface area contributed by atoms with Crippen LogP contribution in [0.2, 0.25) is 0 Å². The van der Waals surface area contributed by atoms with Crippen LogP contribution in [0.4, 0.5) is 0 Å². The van der Waals surface area contributed by atoms with Crippen LogP contribution in [-0.4, -0.2) is 83.2 Å². The van der Waals surface area contributed by atoms with Crippen molar-refractivity contribution >= 4 is 23.1 Å². The molecule has 4 heterocycles. The van der Waals surface area contributed by atoms with E-state index in [2.05, 4.69) is 80.0 Å². The predicted octanol–water partition coefficient (Wildman–Crippen LogP) is 8.99. The second kappa shape index (κ2) is 15.3. The Hall–Kier alpha value is -3.99. The fourth-order valence-corrected chi connectivity index (χ4v) is 10.3. The van der Waals surface area contributed by atoms with Crippen molar-refractivity contribution in [1.82, 2.24) is 19.9 Å². The molecule has 0 spiro atoms. The highest BCUT2D eigenvalue weighted by molar-refractivity contribution is 6.07. The number of benzene rings is 2. The molecule has 2 N–H and O–H groups in total. The van der Waals surface area contributed by atoms with E-state index in [1.165, 1.54) is 56.3 Å². The number of aliphatic imine (C=N–C) groups is 2. The zero-order valence-electron chi connectivity index (χ0n) is 35.0. The molecule has 3 aliphatic carbocycles. The maximum absolute atomic E-state index is 6.80. The SMILES string of the molecule is COc1ccc(CN=C2N=CC([C@H]3C[C@H](CN(CC4CCC4)C4CC(CCc5nc6ccc(C(C)(C)C)cc6[nH]5)C4)[C@H]4OC(C)(C)O[C@H]43)c3[nH]ccc32)c(OC)c1. The first-order valence-electron chi connectivity index (χ1n) is 21.5. The van der Waals surface area contributed by atoms with Gasteiger partial charge in [-0.05, 0) is 106 Å². The average Bonchev–Trinajstić information content (AvgIpc) is 3.93. The lowest BCUT2D eigenvalue weighted by atomic mass is 9.75. The molecule has 0 radical (unpaired) electrons. The average molecular weight is 775 g/mol. The molecule has 5 aliphatic rings. The van der Waals surface area contributed by atoms with Gasteiger partial charge in [-0.15, -0.1) is 0 Å². The number of nitrogens with zero attached hydrogens (tertiary/aromatic N) is 4. The minimum Gasteiger partial charge on any atom is -0.497 e. The van der Waals surface area contributed by atoms with E-state index < -0.39 is 5.79 Å². The summed E-state index contributed by atoms with van der Waals surface area (Å²) in [5.41, 5.74) is 6.95. The second-order valence-electron chi connectivity index (χ2n) is 19.1. The molecule has 5 atom stereocenters. The normalized spacial score (nSPS) is 28.8. The number of rotatable bonds is 13. The number of ether oxygens (including phenoxy) is 4. The Bertz CT molecular complexity index is 2120. The minimum absolute atomic E-state index is 0.0163. The van der Waals surface area contributed by atoms with Gasteiger partial charge in [0.1, 0.15) is 17.3 Å². The molecule has 304 valence electrons. The number of methoxy groups -OCH3 is 2. The van der Waals surface area contributed by atoms with Gasteiger partial charge in [-0.3, -0.25) is 9.89 Å². The van der Waals surface area contributed by atoms with Crippen molar-refractivity contribution in [3.8, 4) is 11.5 Å². The van der Waals surface area contributed by atoms with Crippen molar-refractivity contribution in [2.24, 2.45) is 33.7 Å². The van der Waals surface area contributed by atoms with Crippen LogP contribution in [0.15, 0.2) is 58.6 Å². The Labute approximate surface area is 338 Å². The molecule has 2 aromatic carbocycles. The molecule has 1 unspecified atom stereocenters. The van der Waals surface area contributed by atoms with Crippen molar-refractivity contribution in [1.29, 1.82) is 0 Å². The van der Waals surface area contributed by atoms with E-state index in [4.69, 9.17) is 33.9 Å². The Morgan fingerprint density at radius 1 is 0.947 bits per heavy atom. The number of nitrogens with one attached hydrogen (secondary N) is 2. The van der Waals surface area contributed by atoms with E-state index in [0.29, 0.717) is 18.5 Å². The Kier molecular flexibility index (Phi) is 10.3. The van der Waals surface area contributed by atoms with E-state index in [0.717, 1.165) is 76.5 Å². The van der Waals surface area contributed by atoms with E-state index in [-0.39, 0.29) is 29.5 Å². The monoisotopic (exact) mass is 774 g/mol. The summed E-state index contributed by atoms with van der Waals surface area (Å²) in [4.78, 5) is 25.1. The summed E-state index contributed by atoms with van der Waals surface area (Å²) in [5, 5.41) is 0. The number of aryl methyl sites for hydroxylation is 1. The van der Waals surface area contributed by atoms with Gasteiger partial charge in [0.05, 0.1) is 44.0 Å². The molecule has 57 heavy (non-hydrogen) atoms. The van der Waals surface area contributed by atoms with Gasteiger partial charge in [0, 0.05) is 78.6 Å². The van der Waals surface area contributed by atoms with Crippen LogP contribution in [0.5, 0.6) is 11.5 Å². The lowest BCUT2D eigenvalue weighted by molar-refractivity contribution is -0.163. The van der Waals surface area contributed by atoms with Crippen LogP contribution in [0.1, 0.15) is 114 Å². The highest BCUT2D eigenvalue weighted by atomic mass is 16.8. The number of aromatic nitrogens is 3. The summed E-state index contributed by atoms with van der Waals surface area (Å²) in [7, 11) is 3.34. The number of hydrogen-bond acceptors (Lipinski definition) is 7. The smallest absolute Gasteiger partial charge is 0.163 e. The first-order chi connectivity index (χ1) is 27.4. The predicted molar refractivity (Wildman–Crippen MR) is 226 cm³/mol. The van der Waals surface area contributed by atoms with E-state index >= 15 is 0 Å². The summed E-state index contributed by atoms with van der Waals surface area (Å²) in [6.07, 6.45) is 14.2. The van der Waals surface area contributed by atoms with Crippen molar-refractivity contribution in [3.05, 3.63) is 76.9 Å². The van der Waals surface area contributed by atoms with Crippen LogP contribution in [0.25, 0.3) is 11.0 Å². The van der Waals surface area contributed by atoms with Crippen LogP contribution in [-0.2, 0) is 27.9 Å². The molecule has 10 nitrogen and oxygen atoms in total. The zero-order chi connectivity index (χ0) is 39.5. The fourth-order valence-electron chi connectivity index (χ4n) is 10.3. The number of imidazole rings is 1. The molecule has 0 bridgehead atoms. The fraction of sp³-hybridized carbons (Fsp3) is 0.596. The third kappa shape index (κ3) is 7.82. The molecule has 0 amide bonds. The number of aromatic amines is 2. The van der Waals surface area contributed by atoms with E-state index in [1.807, 2.05) is 24.4 Å². The standard InChI is InChI=1S/C47H62N6O4/c1-46(2,3)32-13-15-38-39(22-32)52-41(51-38)16-11-29-19-33(20-29)53(26-28-9-8-10-28)27-31-21-36(44-43(31)56-47(4,5)57-44)37-25-50-45(35-17-18-48-42(35)37)49-24-30-12-14-34(54-6)23-40(30)55-7/h12-15,17-18,22-23,25,28-29,31,33,36-37,43-44,48H,8-11,16,19-21,24,26-27H2,1-7H3,(H,51,52)/t29?,31-,33?,36-,37?,43-,44+/m1/s1.